The van der Waals surface area contributed by atoms with Crippen LogP contribution in [0.2, 0.25) is 0 Å². The number of carbonyl (C=O) groups is 2. The van der Waals surface area contributed by atoms with Gasteiger partial charge >= 0.3 is 5.97 Å². The van der Waals surface area contributed by atoms with E-state index in [0.717, 1.165) is 10.8 Å². The number of rotatable bonds is 6. The van der Waals surface area contributed by atoms with Crippen molar-refractivity contribution in [2.24, 2.45) is 0 Å². The molecule has 0 saturated heterocycles. The maximum absolute atomic E-state index is 14.2. The van der Waals surface area contributed by atoms with Gasteiger partial charge in [-0.15, -0.1) is 0 Å². The maximum Gasteiger partial charge on any atom is 0.306 e. The van der Waals surface area contributed by atoms with Gasteiger partial charge in [0.2, 0.25) is 0 Å². The summed E-state index contributed by atoms with van der Waals surface area (Å²) < 4.78 is 19.1. The fraction of sp³-hybridized carbons (Fsp3) is 0.227. The summed E-state index contributed by atoms with van der Waals surface area (Å²) in [6.45, 7) is 3.50. The van der Waals surface area contributed by atoms with Crippen LogP contribution < -0.4 is 0 Å². The van der Waals surface area contributed by atoms with Crippen molar-refractivity contribution in [3.63, 3.8) is 0 Å². The zero-order chi connectivity index (χ0) is 19.4. The molecule has 4 nitrogen and oxygen atoms in total. The monoisotopic (exact) mass is 365 g/mol. The Hall–Kier alpha value is -3.08. The zero-order valence-corrected chi connectivity index (χ0v) is 15.3. The molecular formula is C22H20FNO3. The number of Topliss-reactive ketones (excluding diaryl/α,β-unsaturated/α-hetero) is 1. The molecule has 3 rings (SSSR count). The summed E-state index contributed by atoms with van der Waals surface area (Å²) in [5.41, 5.74) is 2.10. The van der Waals surface area contributed by atoms with E-state index in [1.165, 1.54) is 13.0 Å². The number of carbonyl (C=O) groups excluding carboxylic acids is 2. The summed E-state index contributed by atoms with van der Waals surface area (Å²) in [5, 5.41) is 1.77. The van der Waals surface area contributed by atoms with Crippen LogP contribution in [-0.2, 0) is 16.0 Å². The Morgan fingerprint density at radius 2 is 1.89 bits per heavy atom. The Labute approximate surface area is 157 Å². The number of pyridine rings is 1. The molecule has 0 aliphatic rings. The quantitative estimate of drug-likeness (QED) is 0.468. The van der Waals surface area contributed by atoms with Crippen LogP contribution in [0.4, 0.5) is 4.39 Å². The van der Waals surface area contributed by atoms with Gasteiger partial charge in [-0.2, -0.15) is 0 Å². The standard InChI is InChI=1S/C22H20FNO3/c1-3-27-21(26)11-9-16-12-17(8-10-19(16)23)22-18-7-5-4-6-15(18)13-20(24-22)14(2)25/h4-8,10,12-13H,3,9,11H2,1-2H3. The van der Waals surface area contributed by atoms with Gasteiger partial charge in [-0.1, -0.05) is 24.3 Å². The number of hydrogen-bond acceptors (Lipinski definition) is 4. The average molecular weight is 365 g/mol. The number of esters is 1. The first kappa shape index (κ1) is 18.7. The van der Waals surface area contributed by atoms with Crippen molar-refractivity contribution < 1.29 is 18.7 Å². The minimum absolute atomic E-state index is 0.107. The predicted octanol–water partition coefficient (Wildman–Crippen LogP) is 4.74. The SMILES string of the molecule is CCOC(=O)CCc1cc(-c2nc(C(C)=O)cc3ccccc23)ccc1F. The van der Waals surface area contributed by atoms with Crippen molar-refractivity contribution in [2.75, 3.05) is 6.61 Å². The lowest BCUT2D eigenvalue weighted by molar-refractivity contribution is -0.143. The first-order chi connectivity index (χ1) is 13.0. The number of halogens is 1. The fourth-order valence-corrected chi connectivity index (χ4v) is 2.98. The topological polar surface area (TPSA) is 56.3 Å². The van der Waals surface area contributed by atoms with E-state index < -0.39 is 0 Å². The molecule has 1 aromatic heterocycles. The van der Waals surface area contributed by atoms with Gasteiger partial charge in [0.05, 0.1) is 12.3 Å². The van der Waals surface area contributed by atoms with Crippen molar-refractivity contribution >= 4 is 22.5 Å². The third kappa shape index (κ3) is 4.19. The molecule has 0 atom stereocenters. The van der Waals surface area contributed by atoms with Gasteiger partial charge in [0.1, 0.15) is 11.5 Å². The van der Waals surface area contributed by atoms with Crippen LogP contribution in [0.3, 0.4) is 0 Å². The molecule has 2 aromatic carbocycles. The van der Waals surface area contributed by atoms with Gasteiger partial charge in [0.15, 0.2) is 5.78 Å². The van der Waals surface area contributed by atoms with E-state index >= 15 is 0 Å². The second kappa shape index (κ2) is 8.08. The first-order valence-corrected chi connectivity index (χ1v) is 8.84. The van der Waals surface area contributed by atoms with E-state index in [1.807, 2.05) is 24.3 Å². The molecule has 3 aromatic rings. The first-order valence-electron chi connectivity index (χ1n) is 8.84. The average Bonchev–Trinajstić information content (AvgIpc) is 2.66. The maximum atomic E-state index is 14.2. The Balaban J connectivity index is 2.05. The zero-order valence-electron chi connectivity index (χ0n) is 15.3. The lowest BCUT2D eigenvalue weighted by Gasteiger charge is -2.11. The molecule has 5 heteroatoms. The number of hydrogen-bond donors (Lipinski definition) is 0. The summed E-state index contributed by atoms with van der Waals surface area (Å²) >= 11 is 0. The van der Waals surface area contributed by atoms with E-state index in [0.29, 0.717) is 29.1 Å². The molecular weight excluding hydrogens is 345 g/mol. The van der Waals surface area contributed by atoms with Crippen LogP contribution in [-0.4, -0.2) is 23.3 Å². The molecule has 0 bridgehead atoms. The highest BCUT2D eigenvalue weighted by Crippen LogP contribution is 2.29. The number of nitrogens with zero attached hydrogens (tertiary/aromatic N) is 1. The van der Waals surface area contributed by atoms with E-state index in [1.54, 1.807) is 25.1 Å². The van der Waals surface area contributed by atoms with Crippen molar-refractivity contribution in [3.8, 4) is 11.3 Å². The van der Waals surface area contributed by atoms with Crippen molar-refractivity contribution in [1.29, 1.82) is 0 Å². The minimum Gasteiger partial charge on any atom is -0.466 e. The Morgan fingerprint density at radius 1 is 1.11 bits per heavy atom. The largest absolute Gasteiger partial charge is 0.466 e. The second-order valence-electron chi connectivity index (χ2n) is 6.24. The third-order valence-electron chi connectivity index (χ3n) is 4.32. The summed E-state index contributed by atoms with van der Waals surface area (Å²) in [4.78, 5) is 27.9. The molecule has 0 saturated carbocycles. The molecule has 0 spiro atoms. The van der Waals surface area contributed by atoms with Crippen molar-refractivity contribution in [2.45, 2.75) is 26.7 Å². The smallest absolute Gasteiger partial charge is 0.306 e. The minimum atomic E-state index is -0.380. The number of benzene rings is 2. The molecule has 27 heavy (non-hydrogen) atoms. The Kier molecular flexibility index (Phi) is 5.60. The lowest BCUT2D eigenvalue weighted by atomic mass is 9.99. The van der Waals surface area contributed by atoms with Crippen LogP contribution >= 0.6 is 0 Å². The van der Waals surface area contributed by atoms with Gasteiger partial charge in [0.25, 0.3) is 0 Å². The van der Waals surface area contributed by atoms with Gasteiger partial charge < -0.3 is 4.74 Å². The molecule has 0 amide bonds. The number of fused-ring (bicyclic) bond motifs is 1. The van der Waals surface area contributed by atoms with Crippen molar-refractivity contribution in [3.05, 3.63) is 65.6 Å². The van der Waals surface area contributed by atoms with Gasteiger partial charge in [-0.25, -0.2) is 9.37 Å². The Bertz CT molecular complexity index is 1010. The predicted molar refractivity (Wildman–Crippen MR) is 102 cm³/mol. The normalized spacial score (nSPS) is 10.8. The van der Waals surface area contributed by atoms with E-state index in [4.69, 9.17) is 4.74 Å². The van der Waals surface area contributed by atoms with E-state index in [2.05, 4.69) is 4.98 Å². The summed E-state index contributed by atoms with van der Waals surface area (Å²) in [7, 11) is 0. The molecule has 0 unspecified atom stereocenters. The Morgan fingerprint density at radius 3 is 2.63 bits per heavy atom. The van der Waals surface area contributed by atoms with Crippen molar-refractivity contribution in [1.82, 2.24) is 4.98 Å². The van der Waals surface area contributed by atoms with Crippen LogP contribution in [0, 0.1) is 5.82 Å². The molecule has 0 fully saturated rings. The molecule has 1 heterocycles. The van der Waals surface area contributed by atoms with Crippen LogP contribution in [0.25, 0.3) is 22.0 Å². The number of aromatic nitrogens is 1. The third-order valence-corrected chi connectivity index (χ3v) is 4.32. The van der Waals surface area contributed by atoms with Crippen LogP contribution in [0.5, 0.6) is 0 Å². The van der Waals surface area contributed by atoms with E-state index in [-0.39, 0.29) is 30.4 Å². The summed E-state index contributed by atoms with van der Waals surface area (Å²) in [5.74, 6) is -0.869. The van der Waals surface area contributed by atoms with Gasteiger partial charge in [0, 0.05) is 24.3 Å². The van der Waals surface area contributed by atoms with E-state index in [9.17, 15) is 14.0 Å². The molecule has 0 aliphatic carbocycles. The number of aryl methyl sites for hydroxylation is 1. The number of ether oxygens (including phenoxy) is 1. The molecule has 138 valence electrons. The highest BCUT2D eigenvalue weighted by atomic mass is 19.1. The highest BCUT2D eigenvalue weighted by Gasteiger charge is 2.14. The van der Waals surface area contributed by atoms with Gasteiger partial charge in [-0.3, -0.25) is 9.59 Å². The second-order valence-corrected chi connectivity index (χ2v) is 6.24. The van der Waals surface area contributed by atoms with Gasteiger partial charge in [-0.05, 0) is 48.6 Å². The lowest BCUT2D eigenvalue weighted by Crippen LogP contribution is -2.06. The molecule has 0 radical (unpaired) electrons. The van der Waals surface area contributed by atoms with Crippen LogP contribution in [0.1, 0.15) is 36.3 Å². The number of ketones is 1. The fourth-order valence-electron chi connectivity index (χ4n) is 2.98. The molecule has 0 N–H and O–H groups in total. The molecule has 0 aliphatic heterocycles. The summed E-state index contributed by atoms with van der Waals surface area (Å²) in [6, 6.07) is 14.1. The highest BCUT2D eigenvalue weighted by molar-refractivity contribution is 6.01. The summed E-state index contributed by atoms with van der Waals surface area (Å²) in [6.07, 6.45) is 0.346. The van der Waals surface area contributed by atoms with Crippen LogP contribution in [0.15, 0.2) is 48.5 Å².